The van der Waals surface area contributed by atoms with E-state index in [0.29, 0.717) is 18.6 Å². The zero-order valence-electron chi connectivity index (χ0n) is 18.9. The zero-order chi connectivity index (χ0) is 21.2. The molecule has 2 rings (SSSR count). The third kappa shape index (κ3) is 7.54. The van der Waals surface area contributed by atoms with Crippen molar-refractivity contribution in [1.29, 1.82) is 0 Å². The second-order valence-corrected chi connectivity index (χ2v) is 7.97. The van der Waals surface area contributed by atoms with E-state index in [0.717, 1.165) is 38.0 Å². The smallest absolute Gasteiger partial charge is 0.191 e. The van der Waals surface area contributed by atoms with Crippen molar-refractivity contribution in [3.63, 3.8) is 0 Å². The molecule has 6 heteroatoms. The van der Waals surface area contributed by atoms with Crippen molar-refractivity contribution < 1.29 is 0 Å². The molecule has 0 saturated heterocycles. The van der Waals surface area contributed by atoms with Crippen molar-refractivity contribution in [3.8, 4) is 0 Å². The lowest BCUT2D eigenvalue weighted by molar-refractivity contribution is 0.178. The fourth-order valence-corrected chi connectivity index (χ4v) is 3.52. The Morgan fingerprint density at radius 3 is 2.48 bits per heavy atom. The summed E-state index contributed by atoms with van der Waals surface area (Å²) in [5.74, 6) is 1.90. The summed E-state index contributed by atoms with van der Waals surface area (Å²) in [6, 6.07) is 9.71. The van der Waals surface area contributed by atoms with E-state index in [1.54, 1.807) is 0 Å². The molecule has 0 fully saturated rings. The molecule has 0 aliphatic heterocycles. The summed E-state index contributed by atoms with van der Waals surface area (Å²) in [6.07, 6.45) is 3.86. The molecular weight excluding hydrogens is 360 g/mol. The van der Waals surface area contributed by atoms with Crippen LogP contribution in [0.5, 0.6) is 0 Å². The number of nitrogens with one attached hydrogen (secondary N) is 2. The van der Waals surface area contributed by atoms with Crippen LogP contribution < -0.4 is 10.6 Å². The lowest BCUT2D eigenvalue weighted by Gasteiger charge is -2.30. The molecule has 2 N–H and O–H groups in total. The van der Waals surface area contributed by atoms with E-state index in [9.17, 15) is 0 Å². The highest BCUT2D eigenvalue weighted by Gasteiger charge is 2.12. The molecule has 0 aliphatic rings. The van der Waals surface area contributed by atoms with Crippen LogP contribution in [0.4, 0.5) is 0 Å². The van der Waals surface area contributed by atoms with Gasteiger partial charge in [-0.15, -0.1) is 0 Å². The van der Waals surface area contributed by atoms with Crippen molar-refractivity contribution in [2.45, 2.75) is 66.7 Å². The van der Waals surface area contributed by atoms with Gasteiger partial charge in [-0.3, -0.25) is 4.90 Å². The largest absolute Gasteiger partial charge is 0.357 e. The molecule has 0 spiro atoms. The van der Waals surface area contributed by atoms with Crippen molar-refractivity contribution in [1.82, 2.24) is 25.1 Å². The number of rotatable bonds is 10. The van der Waals surface area contributed by atoms with Crippen LogP contribution in [0, 0.1) is 6.92 Å². The maximum atomic E-state index is 4.78. The Hall–Kier alpha value is -2.34. The van der Waals surface area contributed by atoms with E-state index in [2.05, 4.69) is 84.0 Å². The average Bonchev–Trinajstić information content (AvgIpc) is 3.07. The minimum atomic E-state index is 0.540. The molecule has 29 heavy (non-hydrogen) atoms. The number of hydrogen-bond acceptors (Lipinski definition) is 3. The van der Waals surface area contributed by atoms with Crippen molar-refractivity contribution in [3.05, 3.63) is 53.6 Å². The Morgan fingerprint density at radius 2 is 1.86 bits per heavy atom. The highest BCUT2D eigenvalue weighted by molar-refractivity contribution is 5.79. The molecule has 0 atom stereocenters. The van der Waals surface area contributed by atoms with Crippen LogP contribution in [-0.4, -0.2) is 52.1 Å². The van der Waals surface area contributed by atoms with Gasteiger partial charge in [0, 0.05) is 50.7 Å². The number of imidazole rings is 1. The third-order valence-electron chi connectivity index (χ3n) is 5.02. The summed E-state index contributed by atoms with van der Waals surface area (Å²) in [6.45, 7) is 17.3. The Bertz CT molecular complexity index is 754. The molecule has 1 heterocycles. The predicted molar refractivity (Wildman–Crippen MR) is 122 cm³/mol. The van der Waals surface area contributed by atoms with Crippen LogP contribution in [0.3, 0.4) is 0 Å². The maximum Gasteiger partial charge on any atom is 0.191 e. The van der Waals surface area contributed by atoms with E-state index in [4.69, 9.17) is 4.99 Å². The molecule has 0 aliphatic carbocycles. The average molecular weight is 399 g/mol. The maximum absolute atomic E-state index is 4.78. The molecule has 0 saturated carbocycles. The molecular formula is C23H38N6. The molecule has 160 valence electrons. The molecule has 6 nitrogen and oxygen atoms in total. The molecule has 0 amide bonds. The number of benzene rings is 1. The topological polar surface area (TPSA) is 57.5 Å². The minimum Gasteiger partial charge on any atom is -0.357 e. The Morgan fingerprint density at radius 1 is 1.14 bits per heavy atom. The third-order valence-corrected chi connectivity index (χ3v) is 5.02. The van der Waals surface area contributed by atoms with Gasteiger partial charge in [-0.25, -0.2) is 9.98 Å². The van der Waals surface area contributed by atoms with Gasteiger partial charge in [0.05, 0.1) is 6.54 Å². The molecule has 0 unspecified atom stereocenters. The molecule has 0 radical (unpaired) electrons. The normalized spacial score (nSPS) is 12.2. The fraction of sp³-hybridized carbons (Fsp3) is 0.565. The molecule has 0 bridgehead atoms. The van der Waals surface area contributed by atoms with Gasteiger partial charge >= 0.3 is 0 Å². The van der Waals surface area contributed by atoms with Crippen LogP contribution in [0.1, 0.15) is 51.6 Å². The van der Waals surface area contributed by atoms with Gasteiger partial charge in [-0.2, -0.15) is 0 Å². The van der Waals surface area contributed by atoms with Gasteiger partial charge in [0.1, 0.15) is 5.82 Å². The standard InChI is InChI=1S/C23H38N6/c1-7-24-23(26-12-14-29(18(2)3)19(4)5)27-16-21-9-8-10-22(15-21)17-28-13-11-25-20(28)6/h8-11,13,15,18-19H,7,12,14,16-17H2,1-6H3,(H2,24,26,27). The van der Waals surface area contributed by atoms with Crippen molar-refractivity contribution in [2.24, 2.45) is 4.99 Å². The lowest BCUT2D eigenvalue weighted by atomic mass is 10.1. The Labute approximate surface area is 176 Å². The fourth-order valence-electron chi connectivity index (χ4n) is 3.52. The van der Waals surface area contributed by atoms with Crippen LogP contribution in [0.25, 0.3) is 0 Å². The molecule has 2 aromatic rings. The van der Waals surface area contributed by atoms with E-state index in [-0.39, 0.29) is 0 Å². The summed E-state index contributed by atoms with van der Waals surface area (Å²) >= 11 is 0. The van der Waals surface area contributed by atoms with Crippen LogP contribution >= 0.6 is 0 Å². The van der Waals surface area contributed by atoms with Gasteiger partial charge in [0.2, 0.25) is 0 Å². The minimum absolute atomic E-state index is 0.540. The van der Waals surface area contributed by atoms with Gasteiger partial charge in [0.15, 0.2) is 5.96 Å². The first-order valence-corrected chi connectivity index (χ1v) is 10.7. The van der Waals surface area contributed by atoms with Gasteiger partial charge in [-0.1, -0.05) is 24.3 Å². The second kappa shape index (κ2) is 11.6. The van der Waals surface area contributed by atoms with Crippen LogP contribution in [0.15, 0.2) is 41.7 Å². The van der Waals surface area contributed by atoms with Gasteiger partial charge < -0.3 is 15.2 Å². The SMILES string of the molecule is CCNC(=NCc1cccc(Cn2ccnc2C)c1)NCCN(C(C)C)C(C)C. The van der Waals surface area contributed by atoms with Gasteiger partial charge in [0.25, 0.3) is 0 Å². The number of hydrogen-bond donors (Lipinski definition) is 2. The van der Waals surface area contributed by atoms with E-state index < -0.39 is 0 Å². The predicted octanol–water partition coefficient (Wildman–Crippen LogP) is 3.41. The highest BCUT2D eigenvalue weighted by atomic mass is 15.2. The number of aryl methyl sites for hydroxylation is 1. The first kappa shape index (κ1) is 22.9. The summed E-state index contributed by atoms with van der Waals surface area (Å²) in [5.41, 5.74) is 2.48. The lowest BCUT2D eigenvalue weighted by Crippen LogP contribution is -2.45. The van der Waals surface area contributed by atoms with E-state index in [1.807, 2.05) is 19.3 Å². The first-order valence-electron chi connectivity index (χ1n) is 10.7. The highest BCUT2D eigenvalue weighted by Crippen LogP contribution is 2.10. The van der Waals surface area contributed by atoms with E-state index in [1.165, 1.54) is 11.1 Å². The summed E-state index contributed by atoms with van der Waals surface area (Å²) in [7, 11) is 0. The monoisotopic (exact) mass is 398 g/mol. The quantitative estimate of drug-likeness (QED) is 0.476. The van der Waals surface area contributed by atoms with Crippen LogP contribution in [-0.2, 0) is 13.1 Å². The number of guanidine groups is 1. The number of aromatic nitrogens is 2. The van der Waals surface area contributed by atoms with Gasteiger partial charge in [-0.05, 0) is 52.7 Å². The van der Waals surface area contributed by atoms with E-state index >= 15 is 0 Å². The number of nitrogens with zero attached hydrogens (tertiary/aromatic N) is 4. The van der Waals surface area contributed by atoms with Crippen molar-refractivity contribution in [2.75, 3.05) is 19.6 Å². The van der Waals surface area contributed by atoms with Crippen LogP contribution in [0.2, 0.25) is 0 Å². The summed E-state index contributed by atoms with van der Waals surface area (Å²) in [5, 5.41) is 6.83. The second-order valence-electron chi connectivity index (χ2n) is 7.97. The zero-order valence-corrected chi connectivity index (χ0v) is 18.9. The Kier molecular flexibility index (Phi) is 9.19. The molecule has 1 aromatic carbocycles. The van der Waals surface area contributed by atoms with Crippen molar-refractivity contribution >= 4 is 5.96 Å². The summed E-state index contributed by atoms with van der Waals surface area (Å²) in [4.78, 5) is 11.6. The summed E-state index contributed by atoms with van der Waals surface area (Å²) < 4.78 is 2.16. The Balaban J connectivity index is 1.95. The first-order chi connectivity index (χ1) is 13.9. The molecule has 1 aromatic heterocycles. The number of aliphatic imine (C=N–C) groups is 1.